The van der Waals surface area contributed by atoms with Crippen LogP contribution in [-0.2, 0) is 9.53 Å². The van der Waals surface area contributed by atoms with E-state index in [0.29, 0.717) is 0 Å². The van der Waals surface area contributed by atoms with Gasteiger partial charge in [0.25, 0.3) is 0 Å². The van der Waals surface area contributed by atoms with E-state index >= 15 is 0 Å². The molecule has 1 aliphatic heterocycles. The van der Waals surface area contributed by atoms with Crippen molar-refractivity contribution in [2.45, 2.75) is 53.1 Å². The molecule has 1 heterocycles. The van der Waals surface area contributed by atoms with Gasteiger partial charge in [0.05, 0.1) is 0 Å². The molecule has 1 unspecified atom stereocenters. The second-order valence-corrected chi connectivity index (χ2v) is 6.00. The van der Waals surface area contributed by atoms with Gasteiger partial charge in [-0.3, -0.25) is 4.90 Å². The number of amides is 1. The Labute approximate surface area is 90.6 Å². The van der Waals surface area contributed by atoms with Crippen LogP contribution in [0.4, 0.5) is 4.79 Å². The van der Waals surface area contributed by atoms with Crippen molar-refractivity contribution in [3.8, 4) is 0 Å². The zero-order valence-corrected chi connectivity index (χ0v) is 10.2. The molecule has 0 spiro atoms. The maximum absolute atomic E-state index is 11.6. The summed E-state index contributed by atoms with van der Waals surface area (Å²) in [6, 6.07) is -0.495. The summed E-state index contributed by atoms with van der Waals surface area (Å²) < 4.78 is 4.69. The third-order valence-corrected chi connectivity index (χ3v) is 2.41. The number of ether oxygens (including phenoxy) is 1. The topological polar surface area (TPSA) is 46.6 Å². The Bertz CT molecular complexity index is 266. The summed E-state index contributed by atoms with van der Waals surface area (Å²) in [5, 5.41) is 0. The Morgan fingerprint density at radius 2 is 1.53 bits per heavy atom. The minimum absolute atomic E-state index is 0.309. The Kier molecular flexibility index (Phi) is 2.58. The van der Waals surface area contributed by atoms with E-state index in [1.807, 2.05) is 41.5 Å². The fraction of sp³-hybridized carbons (Fsp3) is 0.818. The summed E-state index contributed by atoms with van der Waals surface area (Å²) in [7, 11) is 0. The molecule has 0 radical (unpaired) electrons. The van der Waals surface area contributed by atoms with Gasteiger partial charge >= 0.3 is 12.1 Å². The summed E-state index contributed by atoms with van der Waals surface area (Å²) in [4.78, 5) is 24.7. The second kappa shape index (κ2) is 3.22. The molecule has 1 atom stereocenters. The van der Waals surface area contributed by atoms with Crippen molar-refractivity contribution in [2.75, 3.05) is 0 Å². The minimum atomic E-state index is -0.535. The highest BCUT2D eigenvalue weighted by atomic mass is 16.6. The van der Waals surface area contributed by atoms with Gasteiger partial charge in [-0.25, -0.2) is 9.59 Å². The van der Waals surface area contributed by atoms with Crippen molar-refractivity contribution in [3.05, 3.63) is 0 Å². The van der Waals surface area contributed by atoms with Crippen LogP contribution >= 0.6 is 0 Å². The molecule has 0 bridgehead atoms. The number of carbonyl (C=O) groups is 2. The van der Waals surface area contributed by atoms with Gasteiger partial charge in [-0.15, -0.1) is 0 Å². The average molecular weight is 213 g/mol. The van der Waals surface area contributed by atoms with Crippen molar-refractivity contribution in [2.24, 2.45) is 5.41 Å². The van der Waals surface area contributed by atoms with Crippen LogP contribution in [0.3, 0.4) is 0 Å². The first-order valence-electron chi connectivity index (χ1n) is 5.10. The van der Waals surface area contributed by atoms with Gasteiger partial charge in [0.2, 0.25) is 0 Å². The quantitative estimate of drug-likeness (QED) is 0.457. The van der Waals surface area contributed by atoms with Crippen LogP contribution < -0.4 is 0 Å². The lowest BCUT2D eigenvalue weighted by Crippen LogP contribution is -2.53. The molecule has 1 saturated heterocycles. The smallest absolute Gasteiger partial charge is 0.375 e. The van der Waals surface area contributed by atoms with E-state index in [9.17, 15) is 9.59 Å². The van der Waals surface area contributed by atoms with E-state index in [1.54, 1.807) is 0 Å². The summed E-state index contributed by atoms with van der Waals surface area (Å²) in [6.07, 6.45) is -0.535. The second-order valence-electron chi connectivity index (χ2n) is 6.00. The summed E-state index contributed by atoms with van der Waals surface area (Å²) in [6.45, 7) is 11.5. The fourth-order valence-electron chi connectivity index (χ4n) is 1.80. The molecule has 0 aromatic heterocycles. The molecule has 0 N–H and O–H groups in total. The third-order valence-electron chi connectivity index (χ3n) is 2.41. The van der Waals surface area contributed by atoms with E-state index in [1.165, 1.54) is 4.90 Å². The van der Waals surface area contributed by atoms with Crippen LogP contribution in [0.5, 0.6) is 0 Å². The number of hydrogen-bond acceptors (Lipinski definition) is 3. The summed E-state index contributed by atoms with van der Waals surface area (Å²) >= 11 is 0. The molecule has 0 aliphatic carbocycles. The first kappa shape index (κ1) is 12.0. The van der Waals surface area contributed by atoms with Crippen LogP contribution in [0, 0.1) is 5.41 Å². The zero-order chi connectivity index (χ0) is 12.0. The zero-order valence-electron chi connectivity index (χ0n) is 10.2. The lowest BCUT2D eigenvalue weighted by molar-refractivity contribution is -0.138. The predicted octanol–water partition coefficient (Wildman–Crippen LogP) is 2.18. The molecule has 0 aromatic rings. The summed E-state index contributed by atoms with van der Waals surface area (Å²) in [5.74, 6) is -0.442. The van der Waals surface area contributed by atoms with Gasteiger partial charge < -0.3 is 4.74 Å². The van der Waals surface area contributed by atoms with Gasteiger partial charge in [0, 0.05) is 5.54 Å². The number of nitrogens with zero attached hydrogens (tertiary/aromatic N) is 1. The van der Waals surface area contributed by atoms with E-state index < -0.39 is 23.6 Å². The molecular weight excluding hydrogens is 194 g/mol. The normalized spacial score (nSPS) is 23.3. The van der Waals surface area contributed by atoms with E-state index in [0.717, 1.165) is 0 Å². The van der Waals surface area contributed by atoms with E-state index in [-0.39, 0.29) is 5.41 Å². The van der Waals surface area contributed by atoms with Gasteiger partial charge in [-0.1, -0.05) is 20.8 Å². The highest BCUT2D eigenvalue weighted by molar-refractivity contribution is 5.96. The molecular formula is C11H19NO3. The largest absolute Gasteiger partial charge is 0.418 e. The Morgan fingerprint density at radius 1 is 1.07 bits per heavy atom. The molecule has 4 nitrogen and oxygen atoms in total. The molecule has 1 amide bonds. The lowest BCUT2D eigenvalue weighted by atomic mass is 9.84. The maximum Gasteiger partial charge on any atom is 0.418 e. The van der Waals surface area contributed by atoms with E-state index in [2.05, 4.69) is 4.74 Å². The van der Waals surface area contributed by atoms with Crippen molar-refractivity contribution < 1.29 is 14.3 Å². The number of esters is 1. The summed E-state index contributed by atoms with van der Waals surface area (Å²) in [5.41, 5.74) is -0.711. The van der Waals surface area contributed by atoms with Crippen LogP contribution in [0.25, 0.3) is 0 Å². The number of rotatable bonds is 0. The van der Waals surface area contributed by atoms with Crippen molar-refractivity contribution in [1.82, 2.24) is 4.90 Å². The van der Waals surface area contributed by atoms with Crippen LogP contribution in [-0.4, -0.2) is 28.5 Å². The molecule has 15 heavy (non-hydrogen) atoms. The van der Waals surface area contributed by atoms with Crippen molar-refractivity contribution >= 4 is 12.1 Å². The van der Waals surface area contributed by atoms with E-state index in [4.69, 9.17) is 0 Å². The molecule has 0 aromatic carbocycles. The highest BCUT2D eigenvalue weighted by Gasteiger charge is 2.51. The first-order valence-corrected chi connectivity index (χ1v) is 5.10. The van der Waals surface area contributed by atoms with Gasteiger partial charge in [-0.05, 0) is 26.2 Å². The van der Waals surface area contributed by atoms with Gasteiger partial charge in [-0.2, -0.15) is 0 Å². The maximum atomic E-state index is 11.6. The van der Waals surface area contributed by atoms with Crippen molar-refractivity contribution in [1.29, 1.82) is 0 Å². The first-order chi connectivity index (χ1) is 6.55. The van der Waals surface area contributed by atoms with Gasteiger partial charge in [0.1, 0.15) is 6.04 Å². The lowest BCUT2D eigenvalue weighted by Gasteiger charge is -2.38. The molecule has 1 fully saturated rings. The monoisotopic (exact) mass is 213 g/mol. The molecule has 1 rings (SSSR count). The SMILES string of the molecule is CC(C)(C)C1C(=O)OC(=O)N1C(C)(C)C. The van der Waals surface area contributed by atoms with Crippen LogP contribution in [0.15, 0.2) is 0 Å². The predicted molar refractivity (Wildman–Crippen MR) is 56.3 cm³/mol. The highest BCUT2D eigenvalue weighted by Crippen LogP contribution is 2.35. The third kappa shape index (κ3) is 2.13. The number of hydrogen-bond donors (Lipinski definition) is 0. The fourth-order valence-corrected chi connectivity index (χ4v) is 1.80. The standard InChI is InChI=1S/C11H19NO3/c1-10(2,3)7-8(13)15-9(14)12(7)11(4,5)6/h7H,1-6H3. The van der Waals surface area contributed by atoms with Crippen molar-refractivity contribution in [3.63, 3.8) is 0 Å². The molecule has 4 heteroatoms. The Balaban J connectivity index is 3.12. The van der Waals surface area contributed by atoms with Gasteiger partial charge in [0.15, 0.2) is 0 Å². The average Bonchev–Trinajstić information content (AvgIpc) is 2.22. The number of carbonyl (C=O) groups excluding carboxylic acids is 2. The Morgan fingerprint density at radius 3 is 1.80 bits per heavy atom. The van der Waals surface area contributed by atoms with Crippen LogP contribution in [0.2, 0.25) is 0 Å². The molecule has 1 aliphatic rings. The van der Waals surface area contributed by atoms with Crippen LogP contribution in [0.1, 0.15) is 41.5 Å². The Hall–Kier alpha value is -1.06. The number of cyclic esters (lactones) is 2. The molecule has 86 valence electrons. The minimum Gasteiger partial charge on any atom is -0.375 e. The molecule has 0 saturated carbocycles.